The van der Waals surface area contributed by atoms with Crippen LogP contribution >= 0.6 is 0 Å². The Balaban J connectivity index is 1.89. The zero-order valence-electron chi connectivity index (χ0n) is 17.8. The van der Waals surface area contributed by atoms with E-state index < -0.39 is 29.0 Å². The lowest BCUT2D eigenvalue weighted by atomic mass is 9.98. The van der Waals surface area contributed by atoms with Gasteiger partial charge in [-0.1, -0.05) is 5.92 Å². The van der Waals surface area contributed by atoms with Crippen molar-refractivity contribution >= 4 is 23.3 Å². The number of aromatic nitrogens is 1. The number of anilines is 1. The van der Waals surface area contributed by atoms with Gasteiger partial charge in [-0.15, -0.1) is 6.42 Å². The van der Waals surface area contributed by atoms with Crippen molar-refractivity contribution in [3.05, 3.63) is 52.1 Å². The summed E-state index contributed by atoms with van der Waals surface area (Å²) in [7, 11) is 1.59. The van der Waals surface area contributed by atoms with Crippen LogP contribution in [0.3, 0.4) is 0 Å². The number of hydrogen-bond acceptors (Lipinski definition) is 5. The number of rotatable bonds is 5. The van der Waals surface area contributed by atoms with Crippen molar-refractivity contribution in [2.45, 2.75) is 25.8 Å². The van der Waals surface area contributed by atoms with E-state index in [-0.39, 0.29) is 29.1 Å². The smallest absolute Gasteiger partial charge is 0.293 e. The maximum Gasteiger partial charge on any atom is 0.293 e. The van der Waals surface area contributed by atoms with E-state index in [0.717, 1.165) is 6.07 Å². The number of carbonyl (C=O) groups is 3. The lowest BCUT2D eigenvalue weighted by Gasteiger charge is -2.21. The molecule has 1 saturated heterocycles. The molecule has 0 spiro atoms. The fourth-order valence-corrected chi connectivity index (χ4v) is 3.71. The predicted octanol–water partition coefficient (Wildman–Crippen LogP) is 2.00. The van der Waals surface area contributed by atoms with Gasteiger partial charge in [0.2, 0.25) is 0 Å². The molecular formula is C23H21FN4O4. The molecule has 1 aliphatic rings. The first kappa shape index (κ1) is 22.7. The van der Waals surface area contributed by atoms with Crippen LogP contribution in [0.15, 0.2) is 18.2 Å². The first-order valence-electron chi connectivity index (χ1n) is 9.73. The van der Waals surface area contributed by atoms with Crippen LogP contribution in [0.4, 0.5) is 10.1 Å². The lowest BCUT2D eigenvalue weighted by Crippen LogP contribution is -2.50. The van der Waals surface area contributed by atoms with Crippen molar-refractivity contribution in [3.63, 3.8) is 0 Å². The number of benzene rings is 1. The van der Waals surface area contributed by atoms with E-state index in [0.29, 0.717) is 24.3 Å². The van der Waals surface area contributed by atoms with Gasteiger partial charge in [0.15, 0.2) is 0 Å². The first-order chi connectivity index (χ1) is 15.1. The molecule has 1 aromatic heterocycles. The highest BCUT2D eigenvalue weighted by Gasteiger charge is 2.37. The molecule has 0 radical (unpaired) electrons. The summed E-state index contributed by atoms with van der Waals surface area (Å²) in [6, 6.07) is 5.31. The Morgan fingerprint density at radius 3 is 2.62 bits per heavy atom. The number of ether oxygens (including phenoxy) is 1. The van der Waals surface area contributed by atoms with Gasteiger partial charge in [-0.3, -0.25) is 14.4 Å². The number of terminal acetylenes is 1. The minimum Gasteiger partial charge on any atom is -0.378 e. The molecule has 3 rings (SSSR count). The Morgan fingerprint density at radius 2 is 2.03 bits per heavy atom. The Morgan fingerprint density at radius 1 is 1.31 bits per heavy atom. The van der Waals surface area contributed by atoms with Crippen LogP contribution in [-0.4, -0.2) is 40.9 Å². The summed E-state index contributed by atoms with van der Waals surface area (Å²) in [5, 5.41) is 14.1. The quantitative estimate of drug-likeness (QED) is 0.423. The standard InChI is InChI=1S/C23H21FN4O4/c1-5-23(8-9-32-12-23)27-22(31)20(29)18-13(2)19(28(4)14(18)3)21(30)26-16-6-7-17(24)15(10-16)11-25/h1,6-7,10H,8-9,12H2,2-4H3,(H,26,30)(H,27,31). The second-order valence-corrected chi connectivity index (χ2v) is 7.57. The number of nitrogens with one attached hydrogen (secondary N) is 2. The molecule has 1 fully saturated rings. The van der Waals surface area contributed by atoms with E-state index in [9.17, 15) is 18.8 Å². The van der Waals surface area contributed by atoms with E-state index in [1.807, 2.05) is 0 Å². The highest BCUT2D eigenvalue weighted by Crippen LogP contribution is 2.24. The zero-order chi connectivity index (χ0) is 23.6. The van der Waals surface area contributed by atoms with E-state index in [1.165, 1.54) is 16.7 Å². The average Bonchev–Trinajstić information content (AvgIpc) is 3.31. The zero-order valence-corrected chi connectivity index (χ0v) is 17.8. The van der Waals surface area contributed by atoms with Crippen molar-refractivity contribution in [1.82, 2.24) is 9.88 Å². The van der Waals surface area contributed by atoms with Crippen LogP contribution in [0.1, 0.15) is 44.1 Å². The molecule has 2 heterocycles. The summed E-state index contributed by atoms with van der Waals surface area (Å²) in [4.78, 5) is 38.5. The van der Waals surface area contributed by atoms with Gasteiger partial charge in [-0.25, -0.2) is 4.39 Å². The number of hydrogen-bond donors (Lipinski definition) is 2. The van der Waals surface area contributed by atoms with Crippen molar-refractivity contribution in [1.29, 1.82) is 5.26 Å². The Labute approximate surface area is 184 Å². The Bertz CT molecular complexity index is 1210. The number of halogens is 1. The fourth-order valence-electron chi connectivity index (χ4n) is 3.71. The third kappa shape index (κ3) is 3.98. The normalized spacial score (nSPS) is 17.3. The van der Waals surface area contributed by atoms with Gasteiger partial charge in [0.1, 0.15) is 23.1 Å². The third-order valence-corrected chi connectivity index (χ3v) is 5.57. The summed E-state index contributed by atoms with van der Waals surface area (Å²) < 4.78 is 20.3. The van der Waals surface area contributed by atoms with E-state index in [2.05, 4.69) is 16.6 Å². The molecule has 1 aliphatic heterocycles. The van der Waals surface area contributed by atoms with Crippen LogP contribution < -0.4 is 10.6 Å². The minimum atomic E-state index is -1.04. The van der Waals surface area contributed by atoms with Gasteiger partial charge in [-0.2, -0.15) is 5.26 Å². The summed E-state index contributed by atoms with van der Waals surface area (Å²) in [6.07, 6.45) is 5.92. The number of nitrogens with zero attached hydrogens (tertiary/aromatic N) is 2. The second-order valence-electron chi connectivity index (χ2n) is 7.57. The average molecular weight is 436 g/mol. The molecule has 2 aromatic rings. The van der Waals surface area contributed by atoms with E-state index in [1.54, 1.807) is 27.0 Å². The number of amides is 2. The molecule has 0 aliphatic carbocycles. The number of Topliss-reactive ketones (excluding diaryl/α,β-unsaturated/α-hetero) is 1. The van der Waals surface area contributed by atoms with Crippen LogP contribution in [0.5, 0.6) is 0 Å². The monoisotopic (exact) mass is 436 g/mol. The topological polar surface area (TPSA) is 113 Å². The van der Waals surface area contributed by atoms with Crippen molar-refractivity contribution in [3.8, 4) is 18.4 Å². The Kier molecular flexibility index (Phi) is 6.15. The number of carbonyl (C=O) groups excluding carboxylic acids is 3. The van der Waals surface area contributed by atoms with Gasteiger partial charge in [-0.05, 0) is 37.6 Å². The molecule has 164 valence electrons. The fraction of sp³-hybridized carbons (Fsp3) is 0.304. The summed E-state index contributed by atoms with van der Waals surface area (Å²) in [6.45, 7) is 3.67. The van der Waals surface area contributed by atoms with Crippen LogP contribution in [0.25, 0.3) is 0 Å². The Hall–Kier alpha value is -3.95. The minimum absolute atomic E-state index is 0.0954. The highest BCUT2D eigenvalue weighted by atomic mass is 19.1. The maximum absolute atomic E-state index is 13.5. The van der Waals surface area contributed by atoms with Crippen molar-refractivity contribution in [2.24, 2.45) is 7.05 Å². The predicted molar refractivity (Wildman–Crippen MR) is 113 cm³/mol. The molecule has 0 saturated carbocycles. The maximum atomic E-state index is 13.5. The lowest BCUT2D eigenvalue weighted by molar-refractivity contribution is -0.118. The molecule has 32 heavy (non-hydrogen) atoms. The summed E-state index contributed by atoms with van der Waals surface area (Å²) in [5.41, 5.74) is -0.0625. The van der Waals surface area contributed by atoms with Crippen LogP contribution in [0, 0.1) is 43.3 Å². The highest BCUT2D eigenvalue weighted by molar-refractivity contribution is 6.44. The van der Waals surface area contributed by atoms with Gasteiger partial charge in [0.25, 0.3) is 17.6 Å². The number of nitriles is 1. The van der Waals surface area contributed by atoms with Gasteiger partial charge < -0.3 is 19.9 Å². The molecule has 1 aromatic carbocycles. The first-order valence-corrected chi connectivity index (χ1v) is 9.73. The molecule has 9 heteroatoms. The molecule has 8 nitrogen and oxygen atoms in total. The van der Waals surface area contributed by atoms with Crippen molar-refractivity contribution in [2.75, 3.05) is 18.5 Å². The van der Waals surface area contributed by atoms with Crippen LogP contribution in [0.2, 0.25) is 0 Å². The summed E-state index contributed by atoms with van der Waals surface area (Å²) in [5.74, 6) is -0.482. The second kappa shape index (κ2) is 8.66. The molecular weight excluding hydrogens is 415 g/mol. The largest absolute Gasteiger partial charge is 0.378 e. The van der Waals surface area contributed by atoms with Gasteiger partial charge in [0, 0.05) is 24.8 Å². The molecule has 1 atom stereocenters. The molecule has 2 N–H and O–H groups in total. The molecule has 2 amide bonds. The van der Waals surface area contributed by atoms with Crippen LogP contribution in [-0.2, 0) is 16.6 Å². The van der Waals surface area contributed by atoms with Gasteiger partial charge in [0.05, 0.1) is 24.3 Å². The molecule has 1 unspecified atom stereocenters. The van der Waals surface area contributed by atoms with Gasteiger partial charge >= 0.3 is 0 Å². The van der Waals surface area contributed by atoms with E-state index >= 15 is 0 Å². The number of ketones is 1. The van der Waals surface area contributed by atoms with Crippen molar-refractivity contribution < 1.29 is 23.5 Å². The third-order valence-electron chi connectivity index (χ3n) is 5.57. The molecule has 0 bridgehead atoms. The summed E-state index contributed by atoms with van der Waals surface area (Å²) >= 11 is 0. The SMILES string of the molecule is C#CC1(NC(=O)C(=O)c2c(C)c(C(=O)Nc3ccc(F)c(C#N)c3)n(C)c2C)CCOC1. The van der Waals surface area contributed by atoms with E-state index in [4.69, 9.17) is 16.4 Å².